The van der Waals surface area contributed by atoms with Crippen molar-refractivity contribution in [3.05, 3.63) is 28.3 Å². The quantitative estimate of drug-likeness (QED) is 0.353. The maximum atomic E-state index is 12.6. The lowest BCUT2D eigenvalue weighted by atomic mass is 10.2. The minimum Gasteiger partial charge on any atom is -0.472 e. The van der Waals surface area contributed by atoms with E-state index < -0.39 is 25.8 Å². The first-order valence-electron chi connectivity index (χ1n) is 4.22. The molecule has 0 atom stereocenters. The van der Waals surface area contributed by atoms with Crippen LogP contribution in [0.5, 0.6) is 5.75 Å². The number of nitro groups is 1. The predicted molar refractivity (Wildman–Crippen MR) is 65.1 cm³/mol. The van der Waals surface area contributed by atoms with Crippen LogP contribution in [-0.4, -0.2) is 16.9 Å². The fourth-order valence-corrected chi connectivity index (χ4v) is 1.56. The SMILES string of the molecule is O=C=Nc1ccc(OCS(F)(F)Br)c([N+](=O)[O-])c1. The van der Waals surface area contributed by atoms with Crippen molar-refractivity contribution in [2.45, 2.75) is 0 Å². The van der Waals surface area contributed by atoms with Gasteiger partial charge in [-0.2, -0.15) is 4.99 Å². The monoisotopic (exact) mass is 342 g/mol. The molecule has 0 N–H and O–H groups in total. The fourth-order valence-electron chi connectivity index (χ4n) is 1.02. The van der Waals surface area contributed by atoms with Gasteiger partial charge in [-0.3, -0.25) is 10.1 Å². The third-order valence-electron chi connectivity index (χ3n) is 1.66. The Kier molecular flexibility index (Phi) is 4.76. The summed E-state index contributed by atoms with van der Waals surface area (Å²) in [4.78, 5) is 23.1. The lowest BCUT2D eigenvalue weighted by Gasteiger charge is -2.13. The number of nitro benzene ring substituents is 1. The molecular weight excluding hydrogens is 338 g/mol. The summed E-state index contributed by atoms with van der Waals surface area (Å²) in [5, 5.41) is 10.7. The maximum absolute atomic E-state index is 12.6. The van der Waals surface area contributed by atoms with Crippen LogP contribution >= 0.6 is 24.0 Å². The van der Waals surface area contributed by atoms with Crippen LogP contribution < -0.4 is 4.74 Å². The average molecular weight is 343 g/mol. The number of benzene rings is 1. The summed E-state index contributed by atoms with van der Waals surface area (Å²) in [6.07, 6.45) is 1.21. The first kappa shape index (κ1) is 14.6. The standard InChI is InChI=1S/C8H5BrF2N2O4S/c9-18(10,11)5-17-8-2-1-6(12-4-14)3-7(8)13(15)16/h1-3H,5H2. The van der Waals surface area contributed by atoms with E-state index in [2.05, 4.69) is 24.5 Å². The van der Waals surface area contributed by atoms with Crippen molar-refractivity contribution in [3.63, 3.8) is 0 Å². The van der Waals surface area contributed by atoms with Gasteiger partial charge in [0.2, 0.25) is 6.08 Å². The molecule has 0 spiro atoms. The van der Waals surface area contributed by atoms with E-state index in [4.69, 9.17) is 0 Å². The van der Waals surface area contributed by atoms with Crippen molar-refractivity contribution < 1.29 is 22.2 Å². The van der Waals surface area contributed by atoms with E-state index in [1.807, 2.05) is 0 Å². The Hall–Kier alpha value is -1.51. The van der Waals surface area contributed by atoms with Crippen molar-refractivity contribution >= 4 is 41.5 Å². The number of rotatable bonds is 5. The largest absolute Gasteiger partial charge is 0.472 e. The minimum absolute atomic E-state index is 0.0120. The normalized spacial score (nSPS) is 11.5. The fraction of sp³-hybridized carbons (Fsp3) is 0.125. The molecule has 18 heavy (non-hydrogen) atoms. The van der Waals surface area contributed by atoms with E-state index in [1.54, 1.807) is 0 Å². The van der Waals surface area contributed by atoms with E-state index in [0.717, 1.165) is 12.1 Å². The second-order valence-electron chi connectivity index (χ2n) is 2.88. The molecule has 0 saturated carbocycles. The third-order valence-corrected chi connectivity index (χ3v) is 2.61. The van der Waals surface area contributed by atoms with Crippen molar-refractivity contribution in [2.24, 2.45) is 4.99 Å². The summed E-state index contributed by atoms with van der Waals surface area (Å²) < 4.78 is 29.8. The molecule has 0 amide bonds. The molecule has 1 aromatic rings. The number of halogens is 3. The number of carbonyl (C=O) groups excluding carboxylic acids is 1. The highest BCUT2D eigenvalue weighted by Crippen LogP contribution is 2.58. The van der Waals surface area contributed by atoms with Crippen LogP contribution in [-0.2, 0) is 4.79 Å². The Morgan fingerprint density at radius 3 is 2.72 bits per heavy atom. The van der Waals surface area contributed by atoms with Crippen LogP contribution in [0.4, 0.5) is 19.1 Å². The molecule has 0 saturated heterocycles. The second-order valence-corrected chi connectivity index (χ2v) is 6.96. The second kappa shape index (κ2) is 5.89. The number of isocyanates is 1. The lowest BCUT2D eigenvalue weighted by molar-refractivity contribution is -0.385. The smallest absolute Gasteiger partial charge is 0.313 e. The zero-order valence-electron chi connectivity index (χ0n) is 8.51. The number of nitrogens with zero attached hydrogens (tertiary/aromatic N) is 2. The molecule has 0 radical (unpaired) electrons. The molecular formula is C8H5BrF2N2O4S. The zero-order chi connectivity index (χ0) is 13.8. The average Bonchev–Trinajstić information content (AvgIpc) is 2.26. The van der Waals surface area contributed by atoms with E-state index >= 15 is 0 Å². The minimum atomic E-state index is -4.10. The van der Waals surface area contributed by atoms with Crippen molar-refractivity contribution in [2.75, 3.05) is 5.94 Å². The highest BCUT2D eigenvalue weighted by atomic mass is 79.9. The van der Waals surface area contributed by atoms with Gasteiger partial charge in [0.1, 0.15) is 0 Å². The molecule has 0 fully saturated rings. The Morgan fingerprint density at radius 1 is 1.56 bits per heavy atom. The van der Waals surface area contributed by atoms with Crippen molar-refractivity contribution in [3.8, 4) is 5.75 Å². The molecule has 0 heterocycles. The third kappa shape index (κ3) is 4.40. The highest BCUT2D eigenvalue weighted by Gasteiger charge is 2.22. The summed E-state index contributed by atoms with van der Waals surface area (Å²) in [5.41, 5.74) is -0.565. The number of hydrogen-bond acceptors (Lipinski definition) is 5. The molecule has 98 valence electrons. The summed E-state index contributed by atoms with van der Waals surface area (Å²) in [6, 6.07) is 3.24. The first-order valence-corrected chi connectivity index (χ1v) is 7.67. The molecule has 0 bridgehead atoms. The molecule has 0 aliphatic rings. The zero-order valence-corrected chi connectivity index (χ0v) is 10.9. The van der Waals surface area contributed by atoms with Gasteiger partial charge in [-0.05, 0) is 12.1 Å². The summed E-state index contributed by atoms with van der Waals surface area (Å²) >= 11 is 2.12. The van der Waals surface area contributed by atoms with Gasteiger partial charge >= 0.3 is 5.69 Å². The van der Waals surface area contributed by atoms with Gasteiger partial charge in [0.05, 0.1) is 10.6 Å². The van der Waals surface area contributed by atoms with Crippen molar-refractivity contribution in [1.29, 1.82) is 0 Å². The van der Waals surface area contributed by atoms with E-state index in [1.165, 1.54) is 12.1 Å². The Balaban J connectivity index is 3.04. The molecule has 0 aromatic heterocycles. The van der Waals surface area contributed by atoms with E-state index in [0.29, 0.717) is 0 Å². The van der Waals surface area contributed by atoms with Gasteiger partial charge in [0.25, 0.3) is 0 Å². The van der Waals surface area contributed by atoms with E-state index in [9.17, 15) is 22.7 Å². The van der Waals surface area contributed by atoms with Crippen LogP contribution in [0.1, 0.15) is 0 Å². The maximum Gasteiger partial charge on any atom is 0.313 e. The lowest BCUT2D eigenvalue weighted by Crippen LogP contribution is -2.00. The molecule has 0 unspecified atom stereocenters. The van der Waals surface area contributed by atoms with Gasteiger partial charge in [0.15, 0.2) is 20.9 Å². The van der Waals surface area contributed by atoms with Gasteiger partial charge in [-0.1, -0.05) is 0 Å². The van der Waals surface area contributed by atoms with Crippen LogP contribution in [0.2, 0.25) is 0 Å². The van der Waals surface area contributed by atoms with Gasteiger partial charge < -0.3 is 4.74 Å². The summed E-state index contributed by atoms with van der Waals surface area (Å²) in [6.45, 7) is 0. The van der Waals surface area contributed by atoms with E-state index in [-0.39, 0.29) is 11.4 Å². The molecule has 1 aromatic carbocycles. The molecule has 0 aliphatic heterocycles. The Bertz CT molecular complexity index is 516. The predicted octanol–water partition coefficient (Wildman–Crippen LogP) is 3.78. The molecule has 10 heteroatoms. The Morgan fingerprint density at radius 2 is 2.22 bits per heavy atom. The van der Waals surface area contributed by atoms with Gasteiger partial charge in [-0.25, -0.2) is 4.79 Å². The summed E-state index contributed by atoms with van der Waals surface area (Å²) in [7, 11) is -4.10. The van der Waals surface area contributed by atoms with Gasteiger partial charge in [-0.15, -0.1) is 7.77 Å². The number of aliphatic imine (C=N–C) groups is 1. The highest BCUT2D eigenvalue weighted by molar-refractivity contribution is 9.56. The first-order chi connectivity index (χ1) is 8.33. The van der Waals surface area contributed by atoms with Crippen LogP contribution in [0.3, 0.4) is 0 Å². The topological polar surface area (TPSA) is 81.8 Å². The molecule has 1 rings (SSSR count). The van der Waals surface area contributed by atoms with Crippen LogP contribution in [0.25, 0.3) is 0 Å². The Labute approximate surface area is 109 Å². The summed E-state index contributed by atoms with van der Waals surface area (Å²) in [5.74, 6) is -1.30. The number of ether oxygens (including phenoxy) is 1. The van der Waals surface area contributed by atoms with Crippen LogP contribution in [0.15, 0.2) is 23.2 Å². The number of hydrogen-bond donors (Lipinski definition) is 0. The van der Waals surface area contributed by atoms with Crippen LogP contribution in [0, 0.1) is 10.1 Å². The van der Waals surface area contributed by atoms with Gasteiger partial charge in [0, 0.05) is 20.9 Å². The van der Waals surface area contributed by atoms with Crippen molar-refractivity contribution in [1.82, 2.24) is 0 Å². The molecule has 0 aliphatic carbocycles. The molecule has 6 nitrogen and oxygen atoms in total.